The van der Waals surface area contributed by atoms with Crippen LogP contribution >= 0.6 is 0 Å². The summed E-state index contributed by atoms with van der Waals surface area (Å²) in [6.45, 7) is 2.24. The van der Waals surface area contributed by atoms with E-state index in [1.807, 2.05) is 0 Å². The van der Waals surface area contributed by atoms with Gasteiger partial charge in [-0.15, -0.1) is 0 Å². The van der Waals surface area contributed by atoms with Gasteiger partial charge < -0.3 is 9.64 Å². The molecular weight excluding hydrogens is 320 g/mol. The van der Waals surface area contributed by atoms with Crippen molar-refractivity contribution in [2.24, 2.45) is 11.8 Å². The fraction of sp³-hybridized carbons (Fsp3) is 0.348. The molecule has 4 atom stereocenters. The summed E-state index contributed by atoms with van der Waals surface area (Å²) in [5.74, 6) is 1.42. The van der Waals surface area contributed by atoms with Crippen LogP contribution < -0.4 is 4.90 Å². The molecule has 0 spiro atoms. The molecule has 130 valence electrons. The van der Waals surface area contributed by atoms with Crippen molar-refractivity contribution in [3.8, 4) is 11.3 Å². The summed E-state index contributed by atoms with van der Waals surface area (Å²) in [5, 5.41) is 1.26. The van der Waals surface area contributed by atoms with Crippen molar-refractivity contribution in [1.82, 2.24) is 4.98 Å². The number of ether oxygens (including phenoxy) is 1. The first-order valence-electron chi connectivity index (χ1n) is 9.72. The molecule has 3 heteroatoms. The minimum absolute atomic E-state index is 0.497. The van der Waals surface area contributed by atoms with Gasteiger partial charge in [-0.1, -0.05) is 48.5 Å². The highest BCUT2D eigenvalue weighted by Gasteiger charge is 2.53. The molecule has 0 N–H and O–H groups in total. The van der Waals surface area contributed by atoms with Gasteiger partial charge >= 0.3 is 0 Å². The molecule has 26 heavy (non-hydrogen) atoms. The lowest BCUT2D eigenvalue weighted by molar-refractivity contribution is 0.0850. The maximum Gasteiger partial charge on any atom is 0.0730 e. The van der Waals surface area contributed by atoms with Crippen molar-refractivity contribution >= 4 is 16.6 Å². The van der Waals surface area contributed by atoms with Crippen molar-refractivity contribution in [2.75, 3.05) is 18.0 Å². The third-order valence-electron chi connectivity index (χ3n) is 6.56. The summed E-state index contributed by atoms with van der Waals surface area (Å²) >= 11 is 0. The average Bonchev–Trinajstić information content (AvgIpc) is 3.41. The molecule has 3 nitrogen and oxygen atoms in total. The number of rotatable bonds is 2. The Balaban J connectivity index is 1.46. The van der Waals surface area contributed by atoms with Crippen LogP contribution in [0, 0.1) is 11.8 Å². The lowest BCUT2D eigenvalue weighted by atomic mass is 9.82. The summed E-state index contributed by atoms with van der Waals surface area (Å²) in [4.78, 5) is 7.54. The molecule has 0 saturated carbocycles. The van der Waals surface area contributed by atoms with E-state index in [0.29, 0.717) is 24.0 Å². The predicted octanol–water partition coefficient (Wildman–Crippen LogP) is 4.52. The molecule has 2 aromatic carbocycles. The summed E-state index contributed by atoms with van der Waals surface area (Å²) in [5.41, 5.74) is 4.67. The molecule has 3 aliphatic heterocycles. The zero-order valence-electron chi connectivity index (χ0n) is 14.7. The monoisotopic (exact) mass is 342 g/mol. The Morgan fingerprint density at radius 3 is 2.31 bits per heavy atom. The van der Waals surface area contributed by atoms with Gasteiger partial charge in [0, 0.05) is 41.6 Å². The summed E-state index contributed by atoms with van der Waals surface area (Å²) in [6.07, 6.45) is 3.51. The van der Waals surface area contributed by atoms with Crippen LogP contribution in [0.15, 0.2) is 60.7 Å². The molecule has 0 amide bonds. The molecule has 4 heterocycles. The summed E-state index contributed by atoms with van der Waals surface area (Å²) < 4.78 is 6.16. The first-order chi connectivity index (χ1) is 12.9. The lowest BCUT2D eigenvalue weighted by Crippen LogP contribution is -2.24. The standard InChI is InChI=1S/C23H22N2O/c1-2-6-15(7-3-1)20-12-21(16-8-4-5-9-19(16)24-20)25-13-17-18(14-25)23-11-10-22(17)26-23/h1-9,12,17-18,22-23H,10-11,13-14H2/t17-,18+,22+,23-. The fourth-order valence-corrected chi connectivity index (χ4v) is 5.33. The first kappa shape index (κ1) is 14.7. The molecule has 0 radical (unpaired) electrons. The zero-order chi connectivity index (χ0) is 17.1. The Bertz CT molecular complexity index is 952. The van der Waals surface area contributed by atoms with E-state index in [4.69, 9.17) is 9.72 Å². The van der Waals surface area contributed by atoms with E-state index < -0.39 is 0 Å². The van der Waals surface area contributed by atoms with Gasteiger partial charge in [-0.25, -0.2) is 4.98 Å². The van der Waals surface area contributed by atoms with E-state index in [1.165, 1.54) is 29.5 Å². The van der Waals surface area contributed by atoms with Crippen LogP contribution in [0.4, 0.5) is 5.69 Å². The van der Waals surface area contributed by atoms with E-state index in [0.717, 1.165) is 24.3 Å². The summed E-state index contributed by atoms with van der Waals surface area (Å²) in [7, 11) is 0. The van der Waals surface area contributed by atoms with Gasteiger partial charge in [0.1, 0.15) is 0 Å². The molecular formula is C23H22N2O. The van der Waals surface area contributed by atoms with Gasteiger partial charge in [0.15, 0.2) is 0 Å². The van der Waals surface area contributed by atoms with E-state index in [1.54, 1.807) is 0 Å². The van der Waals surface area contributed by atoms with Gasteiger partial charge in [-0.2, -0.15) is 0 Å². The highest BCUT2D eigenvalue weighted by Crippen LogP contribution is 2.48. The van der Waals surface area contributed by atoms with E-state index in [-0.39, 0.29) is 0 Å². The second-order valence-electron chi connectivity index (χ2n) is 7.93. The van der Waals surface area contributed by atoms with E-state index >= 15 is 0 Å². The SMILES string of the molecule is c1ccc(-c2cc(N3C[C@@H]4[C@H](C3)[C@H]3CC[C@@H]4O3)c3ccccc3n2)cc1. The Morgan fingerprint density at radius 2 is 1.54 bits per heavy atom. The largest absolute Gasteiger partial charge is 0.374 e. The van der Waals surface area contributed by atoms with Gasteiger partial charge in [0.25, 0.3) is 0 Å². The third-order valence-corrected chi connectivity index (χ3v) is 6.56. The van der Waals surface area contributed by atoms with E-state index in [2.05, 4.69) is 65.6 Å². The molecule has 1 aromatic heterocycles. The van der Waals surface area contributed by atoms with Crippen molar-refractivity contribution in [3.63, 3.8) is 0 Å². The number of pyridine rings is 1. The third kappa shape index (κ3) is 2.13. The van der Waals surface area contributed by atoms with Crippen LogP contribution in [0.1, 0.15) is 12.8 Å². The number of benzene rings is 2. The van der Waals surface area contributed by atoms with Crippen LogP contribution in [0.25, 0.3) is 22.2 Å². The molecule has 3 aromatic rings. The minimum Gasteiger partial charge on any atom is -0.374 e. The number of nitrogens with zero attached hydrogens (tertiary/aromatic N) is 2. The van der Waals surface area contributed by atoms with Crippen molar-refractivity contribution in [1.29, 1.82) is 0 Å². The van der Waals surface area contributed by atoms with Gasteiger partial charge in [0.05, 0.1) is 23.4 Å². The quantitative estimate of drug-likeness (QED) is 0.685. The Labute approximate surface area is 153 Å². The smallest absolute Gasteiger partial charge is 0.0730 e. The summed E-state index contributed by atoms with van der Waals surface area (Å²) in [6, 6.07) is 21.4. The molecule has 2 bridgehead atoms. The number of aromatic nitrogens is 1. The fourth-order valence-electron chi connectivity index (χ4n) is 5.33. The van der Waals surface area contributed by atoms with Gasteiger partial charge in [-0.05, 0) is 25.0 Å². The van der Waals surface area contributed by atoms with Gasteiger partial charge in [0.2, 0.25) is 0 Å². The van der Waals surface area contributed by atoms with Crippen LogP contribution in [-0.2, 0) is 4.74 Å². The van der Waals surface area contributed by atoms with Crippen LogP contribution in [0.5, 0.6) is 0 Å². The maximum absolute atomic E-state index is 6.16. The van der Waals surface area contributed by atoms with Crippen LogP contribution in [0.3, 0.4) is 0 Å². The molecule has 3 fully saturated rings. The second kappa shape index (κ2) is 5.55. The zero-order valence-corrected chi connectivity index (χ0v) is 14.7. The topological polar surface area (TPSA) is 25.4 Å². The number of para-hydroxylation sites is 1. The number of hydrogen-bond acceptors (Lipinski definition) is 3. The second-order valence-corrected chi connectivity index (χ2v) is 7.93. The molecule has 3 aliphatic rings. The van der Waals surface area contributed by atoms with Crippen molar-refractivity contribution in [3.05, 3.63) is 60.7 Å². The predicted molar refractivity (Wildman–Crippen MR) is 104 cm³/mol. The molecule has 0 unspecified atom stereocenters. The highest BCUT2D eigenvalue weighted by atomic mass is 16.5. The Kier molecular flexibility index (Phi) is 3.15. The van der Waals surface area contributed by atoms with E-state index in [9.17, 15) is 0 Å². The number of fused-ring (bicyclic) bond motifs is 6. The normalized spacial score (nSPS) is 29.5. The number of anilines is 1. The van der Waals surface area contributed by atoms with Crippen LogP contribution in [-0.4, -0.2) is 30.3 Å². The lowest BCUT2D eigenvalue weighted by Gasteiger charge is -2.23. The Morgan fingerprint density at radius 1 is 0.846 bits per heavy atom. The Hall–Kier alpha value is -2.39. The van der Waals surface area contributed by atoms with Gasteiger partial charge in [-0.3, -0.25) is 0 Å². The average molecular weight is 342 g/mol. The van der Waals surface area contributed by atoms with Crippen LogP contribution in [0.2, 0.25) is 0 Å². The van der Waals surface area contributed by atoms with Crippen molar-refractivity contribution in [2.45, 2.75) is 25.0 Å². The highest BCUT2D eigenvalue weighted by molar-refractivity contribution is 5.94. The molecule has 6 rings (SSSR count). The molecule has 0 aliphatic carbocycles. The minimum atomic E-state index is 0.497. The molecule has 3 saturated heterocycles. The number of hydrogen-bond donors (Lipinski definition) is 0. The first-order valence-corrected chi connectivity index (χ1v) is 9.72. The maximum atomic E-state index is 6.16. The van der Waals surface area contributed by atoms with Crippen molar-refractivity contribution < 1.29 is 4.74 Å².